The Morgan fingerprint density at radius 2 is 2.25 bits per heavy atom. The van der Waals surface area contributed by atoms with Crippen molar-refractivity contribution in [1.29, 1.82) is 0 Å². The molecule has 7 heteroatoms. The molecule has 0 aliphatic carbocycles. The van der Waals surface area contributed by atoms with Crippen molar-refractivity contribution in [2.75, 3.05) is 20.2 Å². The first kappa shape index (κ1) is 15.9. The lowest BCUT2D eigenvalue weighted by Gasteiger charge is -2.21. The van der Waals surface area contributed by atoms with E-state index in [1.165, 1.54) is 4.31 Å². The van der Waals surface area contributed by atoms with E-state index in [2.05, 4.69) is 15.9 Å². The fourth-order valence-electron chi connectivity index (χ4n) is 2.21. The second kappa shape index (κ2) is 6.53. The quantitative estimate of drug-likeness (QED) is 0.865. The monoisotopic (exact) mass is 362 g/mol. The van der Waals surface area contributed by atoms with E-state index >= 15 is 0 Å². The lowest BCUT2D eigenvalue weighted by molar-refractivity contribution is 0.0979. The van der Waals surface area contributed by atoms with Gasteiger partial charge in [0.15, 0.2) is 0 Å². The number of halogens is 1. The molecule has 5 nitrogen and oxygen atoms in total. The Balaban J connectivity index is 2.24. The highest BCUT2D eigenvalue weighted by Gasteiger charge is 2.27. The summed E-state index contributed by atoms with van der Waals surface area (Å²) in [5.74, 6) is 0. The van der Waals surface area contributed by atoms with Crippen LogP contribution in [0.1, 0.15) is 18.4 Å². The highest BCUT2D eigenvalue weighted by atomic mass is 79.9. The zero-order valence-corrected chi connectivity index (χ0v) is 13.8. The van der Waals surface area contributed by atoms with E-state index in [1.54, 1.807) is 19.2 Å². The van der Waals surface area contributed by atoms with Crippen molar-refractivity contribution in [3.05, 3.63) is 28.2 Å². The van der Waals surface area contributed by atoms with E-state index in [1.807, 2.05) is 6.07 Å². The maximum atomic E-state index is 12.6. The number of hydrogen-bond acceptors (Lipinski definition) is 4. The van der Waals surface area contributed by atoms with Gasteiger partial charge in [0.2, 0.25) is 10.0 Å². The summed E-state index contributed by atoms with van der Waals surface area (Å²) in [4.78, 5) is 0.251. The standard InChI is InChI=1S/C13H19BrN2O3S/c1-16(9-11-3-2-6-19-11)20(17,18)13-7-10(8-15)4-5-12(13)14/h4-5,7,11H,2-3,6,8-9,15H2,1H3. The van der Waals surface area contributed by atoms with Crippen molar-refractivity contribution >= 4 is 26.0 Å². The zero-order valence-electron chi connectivity index (χ0n) is 11.4. The summed E-state index contributed by atoms with van der Waals surface area (Å²) in [6, 6.07) is 5.14. The number of sulfonamides is 1. The first-order chi connectivity index (χ1) is 9.45. The van der Waals surface area contributed by atoms with Crippen LogP contribution in [0.3, 0.4) is 0 Å². The number of nitrogens with zero attached hydrogens (tertiary/aromatic N) is 1. The number of benzene rings is 1. The molecule has 1 aliphatic rings. The van der Waals surface area contributed by atoms with E-state index in [9.17, 15) is 8.42 Å². The number of hydrogen-bond donors (Lipinski definition) is 1. The Hall–Kier alpha value is -0.470. The number of likely N-dealkylation sites (N-methyl/N-ethyl adjacent to an activating group) is 1. The molecule has 0 aromatic heterocycles. The second-order valence-corrected chi connectivity index (χ2v) is 7.76. The topological polar surface area (TPSA) is 72.6 Å². The Bertz CT molecular complexity index is 571. The van der Waals surface area contributed by atoms with Gasteiger partial charge in [0.1, 0.15) is 0 Å². The first-order valence-corrected chi connectivity index (χ1v) is 8.75. The van der Waals surface area contributed by atoms with Gasteiger partial charge in [-0.1, -0.05) is 6.07 Å². The van der Waals surface area contributed by atoms with E-state index in [4.69, 9.17) is 10.5 Å². The summed E-state index contributed by atoms with van der Waals surface area (Å²) >= 11 is 3.30. The summed E-state index contributed by atoms with van der Waals surface area (Å²) in [6.45, 7) is 1.40. The molecule has 1 unspecified atom stereocenters. The molecular formula is C13H19BrN2O3S. The lowest BCUT2D eigenvalue weighted by atomic mass is 10.2. The number of ether oxygens (including phenoxy) is 1. The lowest BCUT2D eigenvalue weighted by Crippen LogP contribution is -2.34. The van der Waals surface area contributed by atoms with Crippen molar-refractivity contribution < 1.29 is 13.2 Å². The molecule has 1 aromatic rings. The van der Waals surface area contributed by atoms with Gasteiger partial charge in [0.05, 0.1) is 11.0 Å². The molecule has 1 aromatic carbocycles. The van der Waals surface area contributed by atoms with E-state index in [0.29, 0.717) is 24.2 Å². The van der Waals surface area contributed by atoms with Gasteiger partial charge < -0.3 is 10.5 Å². The van der Waals surface area contributed by atoms with E-state index in [0.717, 1.165) is 18.4 Å². The van der Waals surface area contributed by atoms with Gasteiger partial charge in [-0.25, -0.2) is 8.42 Å². The molecule has 0 spiro atoms. The predicted molar refractivity (Wildman–Crippen MR) is 80.8 cm³/mol. The highest BCUT2D eigenvalue weighted by molar-refractivity contribution is 9.10. The van der Waals surface area contributed by atoms with Gasteiger partial charge in [-0.05, 0) is 46.5 Å². The molecule has 2 rings (SSSR count). The van der Waals surface area contributed by atoms with E-state index in [-0.39, 0.29) is 11.0 Å². The van der Waals surface area contributed by atoms with Crippen LogP contribution in [0.2, 0.25) is 0 Å². The van der Waals surface area contributed by atoms with Crippen molar-refractivity contribution in [3.8, 4) is 0 Å². The highest BCUT2D eigenvalue weighted by Crippen LogP contribution is 2.26. The van der Waals surface area contributed by atoms with Crippen LogP contribution in [-0.4, -0.2) is 39.0 Å². The van der Waals surface area contributed by atoms with Crippen molar-refractivity contribution in [2.24, 2.45) is 5.73 Å². The predicted octanol–water partition coefficient (Wildman–Crippen LogP) is 1.71. The third kappa shape index (κ3) is 3.40. The van der Waals surface area contributed by atoms with Crippen molar-refractivity contribution in [2.45, 2.75) is 30.4 Å². The normalized spacial score (nSPS) is 19.7. The summed E-state index contributed by atoms with van der Waals surface area (Å²) in [6.07, 6.45) is 1.89. The smallest absolute Gasteiger partial charge is 0.244 e. The van der Waals surface area contributed by atoms with E-state index < -0.39 is 10.0 Å². The number of rotatable bonds is 5. The summed E-state index contributed by atoms with van der Waals surface area (Å²) in [5, 5.41) is 0. The first-order valence-electron chi connectivity index (χ1n) is 6.51. The molecule has 0 radical (unpaired) electrons. The Kier molecular flexibility index (Phi) is 5.19. The third-order valence-corrected chi connectivity index (χ3v) is 6.22. The second-order valence-electron chi connectivity index (χ2n) is 4.89. The fraction of sp³-hybridized carbons (Fsp3) is 0.538. The minimum absolute atomic E-state index is 0.00811. The van der Waals surface area contributed by atoms with Crippen LogP contribution >= 0.6 is 15.9 Å². The molecule has 20 heavy (non-hydrogen) atoms. The molecular weight excluding hydrogens is 344 g/mol. The van der Waals surface area contributed by atoms with Crippen LogP contribution in [-0.2, 0) is 21.3 Å². The molecule has 1 atom stereocenters. The van der Waals surface area contributed by atoms with Crippen LogP contribution in [0.5, 0.6) is 0 Å². The van der Waals surface area contributed by atoms with Crippen LogP contribution in [0.4, 0.5) is 0 Å². The molecule has 1 saturated heterocycles. The number of nitrogens with two attached hydrogens (primary N) is 1. The van der Waals surface area contributed by atoms with Crippen LogP contribution in [0.15, 0.2) is 27.6 Å². The third-order valence-electron chi connectivity index (χ3n) is 3.40. The Morgan fingerprint density at radius 1 is 1.50 bits per heavy atom. The van der Waals surface area contributed by atoms with Gasteiger partial charge in [0, 0.05) is 31.2 Å². The largest absolute Gasteiger partial charge is 0.377 e. The molecule has 2 N–H and O–H groups in total. The molecule has 112 valence electrons. The Morgan fingerprint density at radius 3 is 2.85 bits per heavy atom. The van der Waals surface area contributed by atoms with Gasteiger partial charge in [-0.3, -0.25) is 0 Å². The molecule has 0 amide bonds. The minimum atomic E-state index is -3.54. The molecule has 1 heterocycles. The molecule has 1 fully saturated rings. The summed E-state index contributed by atoms with van der Waals surface area (Å²) in [5.41, 5.74) is 6.37. The fourth-order valence-corrected chi connectivity index (χ4v) is 4.39. The van der Waals surface area contributed by atoms with Gasteiger partial charge in [0.25, 0.3) is 0 Å². The summed E-state index contributed by atoms with van der Waals surface area (Å²) < 4.78 is 32.6. The average molecular weight is 363 g/mol. The van der Waals surface area contributed by atoms with Gasteiger partial charge >= 0.3 is 0 Å². The molecule has 0 bridgehead atoms. The average Bonchev–Trinajstić information content (AvgIpc) is 2.92. The van der Waals surface area contributed by atoms with Crippen LogP contribution in [0, 0.1) is 0 Å². The van der Waals surface area contributed by atoms with Crippen molar-refractivity contribution in [1.82, 2.24) is 4.31 Å². The SMILES string of the molecule is CN(CC1CCCO1)S(=O)(=O)c1cc(CN)ccc1Br. The minimum Gasteiger partial charge on any atom is -0.377 e. The van der Waals surface area contributed by atoms with Crippen LogP contribution < -0.4 is 5.73 Å². The summed E-state index contributed by atoms with van der Waals surface area (Å²) in [7, 11) is -1.96. The van der Waals surface area contributed by atoms with Gasteiger partial charge in [-0.2, -0.15) is 4.31 Å². The van der Waals surface area contributed by atoms with Gasteiger partial charge in [-0.15, -0.1) is 0 Å². The maximum Gasteiger partial charge on any atom is 0.244 e. The molecule has 0 saturated carbocycles. The maximum absolute atomic E-state index is 12.6. The van der Waals surface area contributed by atoms with Crippen LogP contribution in [0.25, 0.3) is 0 Å². The van der Waals surface area contributed by atoms with Crippen molar-refractivity contribution in [3.63, 3.8) is 0 Å². The molecule has 1 aliphatic heterocycles. The Labute approximate surface area is 128 Å². The zero-order chi connectivity index (χ0) is 14.8.